The van der Waals surface area contributed by atoms with Crippen LogP contribution in [-0.4, -0.2) is 77.6 Å². The number of carbonyl (C=O) groups excluding carboxylic acids is 3. The summed E-state index contributed by atoms with van der Waals surface area (Å²) in [6.07, 6.45) is 23.5. The molecule has 1 aliphatic heterocycles. The molecule has 2 aromatic rings. The lowest BCUT2D eigenvalue weighted by atomic mass is 9.96. The molecule has 0 aromatic heterocycles. The molecule has 1 unspecified atom stereocenters. The van der Waals surface area contributed by atoms with E-state index in [1.165, 1.54) is 109 Å². The number of alkyl halides is 1. The molecule has 13 heteroatoms. The SMILES string of the molecule is CCCCCCCCCCCCCC(=O)O[C@H]1[C@H](OP(=O)(c2ccccc2)c2ccccc2)[C@@H](CO)OC(O)[C@@H]1NC(=O)[C@H](F)[C@H](CCCCCCCCCCC)OC(=O)CCCCCCCCCCCCC. The molecule has 0 radical (unpaired) electrons. The molecule has 3 N–H and O–H groups in total. The Kier molecular flexibility index (Phi) is 35.3. The van der Waals surface area contributed by atoms with Gasteiger partial charge in [0.15, 0.2) is 12.4 Å². The summed E-state index contributed by atoms with van der Waals surface area (Å²) in [5.41, 5.74) is 0. The number of aliphatic hydroxyl groups is 2. The molecule has 0 saturated carbocycles. The van der Waals surface area contributed by atoms with Gasteiger partial charge in [-0.1, -0.05) is 237 Å². The van der Waals surface area contributed by atoms with Crippen molar-refractivity contribution in [1.29, 1.82) is 0 Å². The highest BCUT2D eigenvalue weighted by molar-refractivity contribution is 7.74. The van der Waals surface area contributed by atoms with Gasteiger partial charge in [0.05, 0.1) is 6.61 Å². The van der Waals surface area contributed by atoms with Crippen molar-refractivity contribution >= 4 is 35.8 Å². The number of aliphatic hydroxyl groups excluding tert-OH is 2. The number of unbranched alkanes of at least 4 members (excludes halogenated alkanes) is 28. The average Bonchev–Trinajstić information content (AvgIpc) is 3.40. The largest absolute Gasteiger partial charge is 0.459 e. The van der Waals surface area contributed by atoms with Crippen LogP contribution in [0.4, 0.5) is 4.39 Å². The molecular formula is C60H99FNO10P. The van der Waals surface area contributed by atoms with E-state index in [0.29, 0.717) is 29.9 Å². The van der Waals surface area contributed by atoms with Crippen molar-refractivity contribution in [3.63, 3.8) is 0 Å². The molecule has 0 spiro atoms. The lowest BCUT2D eigenvalue weighted by molar-refractivity contribution is -0.253. The van der Waals surface area contributed by atoms with Crippen LogP contribution in [0.1, 0.15) is 239 Å². The second-order valence-electron chi connectivity index (χ2n) is 20.6. The van der Waals surface area contributed by atoms with Gasteiger partial charge < -0.3 is 34.3 Å². The summed E-state index contributed by atoms with van der Waals surface area (Å²) in [5.74, 6) is -2.43. The first kappa shape index (κ1) is 64.1. The zero-order valence-electron chi connectivity index (χ0n) is 45.5. The highest BCUT2D eigenvalue weighted by atomic mass is 31.2. The molecule has 0 bridgehead atoms. The molecule has 1 heterocycles. The van der Waals surface area contributed by atoms with Crippen LogP contribution in [-0.2, 0) is 37.7 Å². The van der Waals surface area contributed by atoms with Crippen LogP contribution in [0.5, 0.6) is 0 Å². The number of hydrogen-bond acceptors (Lipinski definition) is 10. The monoisotopic (exact) mass is 1040 g/mol. The fourth-order valence-electron chi connectivity index (χ4n) is 9.82. The minimum Gasteiger partial charge on any atom is -0.459 e. The average molecular weight is 1040 g/mol. The first-order valence-corrected chi connectivity index (χ1v) is 30.9. The zero-order chi connectivity index (χ0) is 52.8. The smallest absolute Gasteiger partial charge is 0.306 e. The van der Waals surface area contributed by atoms with Gasteiger partial charge >= 0.3 is 11.9 Å². The van der Waals surface area contributed by atoms with Crippen molar-refractivity contribution in [3.8, 4) is 0 Å². The van der Waals surface area contributed by atoms with Gasteiger partial charge in [-0.05, 0) is 49.9 Å². The van der Waals surface area contributed by atoms with E-state index in [0.717, 1.165) is 70.6 Å². The second-order valence-corrected chi connectivity index (χ2v) is 23.0. The van der Waals surface area contributed by atoms with Crippen molar-refractivity contribution < 1.29 is 52.3 Å². The molecule has 1 aliphatic rings. The molecule has 2 aromatic carbocycles. The van der Waals surface area contributed by atoms with Crippen molar-refractivity contribution in [2.45, 2.75) is 282 Å². The summed E-state index contributed by atoms with van der Waals surface area (Å²) in [6.45, 7) is 5.89. The van der Waals surface area contributed by atoms with Gasteiger partial charge in [-0.3, -0.25) is 18.9 Å². The highest BCUT2D eigenvalue weighted by Crippen LogP contribution is 2.48. The highest BCUT2D eigenvalue weighted by Gasteiger charge is 2.52. The number of amides is 1. The van der Waals surface area contributed by atoms with E-state index in [9.17, 15) is 24.6 Å². The lowest BCUT2D eigenvalue weighted by Crippen LogP contribution is -2.66. The maximum Gasteiger partial charge on any atom is 0.306 e. The summed E-state index contributed by atoms with van der Waals surface area (Å²) in [7, 11) is -4.06. The topological polar surface area (TPSA) is 158 Å². The van der Waals surface area contributed by atoms with Gasteiger partial charge in [-0.25, -0.2) is 4.39 Å². The number of nitrogens with one attached hydrogen (secondary N) is 1. The molecule has 3 rings (SSSR count). The van der Waals surface area contributed by atoms with E-state index >= 15 is 8.96 Å². The number of halogens is 1. The third-order valence-corrected chi connectivity index (χ3v) is 16.8. The van der Waals surface area contributed by atoms with Gasteiger partial charge in [-0.15, -0.1) is 0 Å². The van der Waals surface area contributed by atoms with Crippen molar-refractivity contribution in [1.82, 2.24) is 5.32 Å². The van der Waals surface area contributed by atoms with Crippen molar-refractivity contribution in [2.24, 2.45) is 0 Å². The quantitative estimate of drug-likeness (QED) is 0.0331. The van der Waals surface area contributed by atoms with E-state index in [2.05, 4.69) is 26.1 Å². The van der Waals surface area contributed by atoms with E-state index in [1.807, 2.05) is 0 Å². The third-order valence-electron chi connectivity index (χ3n) is 14.3. The minimum atomic E-state index is -4.06. The predicted octanol–water partition coefficient (Wildman–Crippen LogP) is 14.0. The standard InChI is InChI=1S/C60H99FNO10P/c1-4-7-10-13-16-19-21-24-27-30-39-46-53(64)69-51(45-38-29-26-23-18-15-12-9-6-3)55(61)59(66)62-56-58(71-54(65)47-40-31-28-25-22-20-17-14-11-8-5-2)57(52(48-63)70-60(56)67)72-73(68,49-41-34-32-35-42-49)50-43-36-33-37-44-50/h32-37,41-44,51-52,55-58,60,63,67H,4-31,38-40,45-48H2,1-3H3,(H,62,66)/t51-,52+,55+,56+,57+,58+,60?/m0/s1. The lowest BCUT2D eigenvalue weighted by Gasteiger charge is -2.45. The van der Waals surface area contributed by atoms with Crippen LogP contribution in [0.15, 0.2) is 60.7 Å². The summed E-state index contributed by atoms with van der Waals surface area (Å²) >= 11 is 0. The Hall–Kier alpha value is -3.15. The van der Waals surface area contributed by atoms with Crippen LogP contribution in [0.3, 0.4) is 0 Å². The maximum atomic E-state index is 16.8. The fraction of sp³-hybridized carbons (Fsp3) is 0.750. The summed E-state index contributed by atoms with van der Waals surface area (Å²) < 4.78 is 56.5. The molecule has 1 saturated heterocycles. The van der Waals surface area contributed by atoms with E-state index in [1.54, 1.807) is 60.7 Å². The first-order valence-electron chi connectivity index (χ1n) is 29.3. The number of carbonyl (C=O) groups is 3. The Labute approximate surface area is 441 Å². The molecule has 7 atom stereocenters. The minimum absolute atomic E-state index is 0.0122. The van der Waals surface area contributed by atoms with Crippen LogP contribution < -0.4 is 15.9 Å². The molecule has 11 nitrogen and oxygen atoms in total. The summed E-state index contributed by atoms with van der Waals surface area (Å²) in [4.78, 5) is 41.3. The second kappa shape index (κ2) is 40.2. The number of esters is 2. The van der Waals surface area contributed by atoms with Crippen molar-refractivity contribution in [3.05, 3.63) is 60.7 Å². The Bertz CT molecular complexity index is 1710. The number of hydrogen-bond donors (Lipinski definition) is 3. The molecule has 1 amide bonds. The molecular weight excluding hydrogens is 945 g/mol. The third kappa shape index (κ3) is 26.0. The summed E-state index contributed by atoms with van der Waals surface area (Å²) in [6, 6.07) is 15.3. The first-order chi connectivity index (χ1) is 35.6. The fourth-order valence-corrected chi connectivity index (χ4v) is 12.1. The van der Waals surface area contributed by atoms with E-state index in [4.69, 9.17) is 18.7 Å². The maximum absolute atomic E-state index is 16.8. The van der Waals surface area contributed by atoms with Crippen LogP contribution >= 0.6 is 7.37 Å². The van der Waals surface area contributed by atoms with Gasteiger partial charge in [0.1, 0.15) is 24.4 Å². The van der Waals surface area contributed by atoms with Crippen molar-refractivity contribution in [2.75, 3.05) is 6.61 Å². The summed E-state index contributed by atoms with van der Waals surface area (Å²) in [5, 5.41) is 25.4. The molecule has 416 valence electrons. The van der Waals surface area contributed by atoms with Gasteiger partial charge in [0, 0.05) is 23.5 Å². The number of ether oxygens (including phenoxy) is 3. The van der Waals surface area contributed by atoms with Crippen LogP contribution in [0.25, 0.3) is 0 Å². The molecule has 0 aliphatic carbocycles. The predicted molar refractivity (Wildman–Crippen MR) is 293 cm³/mol. The van der Waals surface area contributed by atoms with E-state index in [-0.39, 0.29) is 19.3 Å². The Morgan fingerprint density at radius 3 is 1.37 bits per heavy atom. The van der Waals surface area contributed by atoms with Gasteiger partial charge in [0.2, 0.25) is 6.17 Å². The van der Waals surface area contributed by atoms with Crippen LogP contribution in [0.2, 0.25) is 0 Å². The number of rotatable bonds is 44. The molecule has 73 heavy (non-hydrogen) atoms. The zero-order valence-corrected chi connectivity index (χ0v) is 46.4. The van der Waals surface area contributed by atoms with Gasteiger partial charge in [-0.2, -0.15) is 0 Å². The normalized spacial score (nSPS) is 18.8. The molecule has 1 fully saturated rings. The van der Waals surface area contributed by atoms with E-state index < -0.39 is 74.7 Å². The Morgan fingerprint density at radius 1 is 0.575 bits per heavy atom. The number of benzene rings is 2. The van der Waals surface area contributed by atoms with Crippen LogP contribution in [0, 0.1) is 0 Å². The Balaban J connectivity index is 1.80. The van der Waals surface area contributed by atoms with Gasteiger partial charge in [0.25, 0.3) is 13.3 Å². The Morgan fingerprint density at radius 2 is 0.959 bits per heavy atom.